The monoisotopic (exact) mass is 325 g/mol. The average molecular weight is 325 g/mol. The zero-order chi connectivity index (χ0) is 16.8. The Balaban J connectivity index is 1.50. The number of carbonyl (C=O) groups is 1. The lowest BCUT2D eigenvalue weighted by Crippen LogP contribution is -2.43. The van der Waals surface area contributed by atoms with E-state index in [1.807, 2.05) is 6.07 Å². The summed E-state index contributed by atoms with van der Waals surface area (Å²) >= 11 is 0. The maximum Gasteiger partial charge on any atom is 0.317 e. The second-order valence-corrected chi connectivity index (χ2v) is 6.35. The first kappa shape index (κ1) is 16.5. The van der Waals surface area contributed by atoms with Crippen LogP contribution in [0.3, 0.4) is 0 Å². The molecule has 1 aliphatic rings. The summed E-state index contributed by atoms with van der Waals surface area (Å²) in [4.78, 5) is 14.6. The molecule has 5 nitrogen and oxygen atoms in total. The predicted molar refractivity (Wildman–Crippen MR) is 92.2 cm³/mol. The first-order chi connectivity index (χ1) is 11.7. The quantitative estimate of drug-likeness (QED) is 0.675. The summed E-state index contributed by atoms with van der Waals surface area (Å²) in [7, 11) is 0. The van der Waals surface area contributed by atoms with Crippen molar-refractivity contribution in [2.24, 2.45) is 5.92 Å². The normalized spacial score (nSPS) is 18.2. The van der Waals surface area contributed by atoms with Crippen molar-refractivity contribution in [1.82, 2.24) is 10.2 Å². The Hall–Kier alpha value is -2.40. The minimum atomic E-state index is -0.300. The van der Waals surface area contributed by atoms with Crippen LogP contribution >= 0.6 is 0 Å². The lowest BCUT2D eigenvalue weighted by atomic mass is 9.97. The van der Waals surface area contributed by atoms with Crippen molar-refractivity contribution < 1.29 is 9.52 Å². The molecule has 0 aliphatic carbocycles. The largest absolute Gasteiger partial charge is 0.618 e. The first-order valence-corrected chi connectivity index (χ1v) is 8.45. The fourth-order valence-corrected chi connectivity index (χ4v) is 3.23. The van der Waals surface area contributed by atoms with Gasteiger partial charge in [0.25, 0.3) is 5.69 Å². The van der Waals surface area contributed by atoms with E-state index in [-0.39, 0.29) is 11.6 Å². The van der Waals surface area contributed by atoms with E-state index >= 15 is 0 Å². The molecule has 1 fully saturated rings. The van der Waals surface area contributed by atoms with Crippen molar-refractivity contribution in [1.29, 1.82) is 0 Å². The van der Waals surface area contributed by atoms with Crippen molar-refractivity contribution in [3.05, 3.63) is 71.2 Å². The Morgan fingerprint density at radius 3 is 2.79 bits per heavy atom. The number of nitrogens with one attached hydrogen (secondary N) is 1. The topological polar surface area (TPSA) is 59.3 Å². The average Bonchev–Trinajstić information content (AvgIpc) is 2.61. The molecule has 1 saturated heterocycles. The Labute approximate surface area is 142 Å². The number of aromatic nitrogens is 1. The van der Waals surface area contributed by atoms with Gasteiger partial charge in [-0.15, -0.1) is 0 Å². The lowest BCUT2D eigenvalue weighted by molar-refractivity contribution is -0.607. The molecule has 1 atom stereocenters. The zero-order valence-corrected chi connectivity index (χ0v) is 13.7. The van der Waals surface area contributed by atoms with E-state index in [9.17, 15) is 10.0 Å². The van der Waals surface area contributed by atoms with E-state index in [2.05, 4.69) is 34.5 Å². The van der Waals surface area contributed by atoms with Crippen LogP contribution in [0.25, 0.3) is 0 Å². The highest BCUT2D eigenvalue weighted by Gasteiger charge is 2.22. The summed E-state index contributed by atoms with van der Waals surface area (Å²) in [5.41, 5.74) is 1.47. The third-order valence-electron chi connectivity index (χ3n) is 4.46. The van der Waals surface area contributed by atoms with Gasteiger partial charge in [-0.2, -0.15) is 4.73 Å². The second-order valence-electron chi connectivity index (χ2n) is 6.35. The second kappa shape index (κ2) is 7.93. The molecular formula is C19H23N3O2. The molecule has 2 aromatic rings. The Morgan fingerprint density at radius 1 is 1.21 bits per heavy atom. The van der Waals surface area contributed by atoms with Gasteiger partial charge in [0, 0.05) is 31.8 Å². The summed E-state index contributed by atoms with van der Waals surface area (Å²) in [5.74, 6) is 0.126. The van der Waals surface area contributed by atoms with E-state index < -0.39 is 0 Å². The van der Waals surface area contributed by atoms with Gasteiger partial charge < -0.3 is 10.5 Å². The minimum absolute atomic E-state index is 0.148. The molecule has 1 amide bonds. The van der Waals surface area contributed by atoms with E-state index in [4.69, 9.17) is 0 Å². The van der Waals surface area contributed by atoms with Crippen LogP contribution in [0.15, 0.2) is 54.7 Å². The van der Waals surface area contributed by atoms with Crippen LogP contribution in [-0.4, -0.2) is 30.4 Å². The van der Waals surface area contributed by atoms with Crippen LogP contribution in [-0.2, 0) is 6.54 Å². The number of likely N-dealkylation sites (tertiary alicyclic amines) is 1. The molecule has 5 heteroatoms. The minimum Gasteiger partial charge on any atom is -0.618 e. The number of pyridine rings is 1. The van der Waals surface area contributed by atoms with Gasteiger partial charge in [0.2, 0.25) is 0 Å². The van der Waals surface area contributed by atoms with Crippen molar-refractivity contribution in [2.75, 3.05) is 19.6 Å². The highest BCUT2D eigenvalue weighted by atomic mass is 16.5. The SMILES string of the molecule is O=C(NCC1CCCN(Cc2ccccc2)C1)c1cccc[n+]1[O-]. The molecule has 0 radical (unpaired) electrons. The van der Waals surface area contributed by atoms with Crippen molar-refractivity contribution in [2.45, 2.75) is 19.4 Å². The molecule has 1 aromatic heterocycles. The van der Waals surface area contributed by atoms with Gasteiger partial charge in [-0.05, 0) is 36.9 Å². The van der Waals surface area contributed by atoms with Crippen molar-refractivity contribution in [3.63, 3.8) is 0 Å². The summed E-state index contributed by atoms with van der Waals surface area (Å²) in [5, 5.41) is 14.5. The molecule has 0 saturated carbocycles. The summed E-state index contributed by atoms with van der Waals surface area (Å²) in [6.45, 7) is 3.63. The van der Waals surface area contributed by atoms with Gasteiger partial charge in [-0.25, -0.2) is 0 Å². The zero-order valence-electron chi connectivity index (χ0n) is 13.7. The highest BCUT2D eigenvalue weighted by Crippen LogP contribution is 2.18. The smallest absolute Gasteiger partial charge is 0.317 e. The molecule has 2 heterocycles. The number of amides is 1. The van der Waals surface area contributed by atoms with Gasteiger partial charge in [-0.1, -0.05) is 30.3 Å². The van der Waals surface area contributed by atoms with E-state index in [0.29, 0.717) is 17.2 Å². The van der Waals surface area contributed by atoms with Gasteiger partial charge >= 0.3 is 5.91 Å². The maximum absolute atomic E-state index is 12.1. The molecule has 0 bridgehead atoms. The van der Waals surface area contributed by atoms with Crippen LogP contribution < -0.4 is 10.0 Å². The molecule has 24 heavy (non-hydrogen) atoms. The molecule has 3 rings (SSSR count). The molecular weight excluding hydrogens is 302 g/mol. The molecule has 1 aliphatic heterocycles. The molecule has 1 N–H and O–H groups in total. The number of hydrogen-bond acceptors (Lipinski definition) is 3. The van der Waals surface area contributed by atoms with Crippen LogP contribution in [0.2, 0.25) is 0 Å². The molecule has 1 unspecified atom stereocenters. The fourth-order valence-electron chi connectivity index (χ4n) is 3.23. The molecule has 1 aromatic carbocycles. The third-order valence-corrected chi connectivity index (χ3v) is 4.46. The van der Waals surface area contributed by atoms with E-state index in [0.717, 1.165) is 32.5 Å². The van der Waals surface area contributed by atoms with Crippen LogP contribution in [0.5, 0.6) is 0 Å². The third kappa shape index (κ3) is 4.32. The van der Waals surface area contributed by atoms with Crippen LogP contribution in [0.1, 0.15) is 28.9 Å². The number of benzene rings is 1. The van der Waals surface area contributed by atoms with E-state index in [1.165, 1.54) is 11.8 Å². The number of carbonyl (C=O) groups excluding carboxylic acids is 1. The number of rotatable bonds is 5. The Kier molecular flexibility index (Phi) is 5.43. The summed E-state index contributed by atoms with van der Waals surface area (Å²) in [6.07, 6.45) is 3.59. The number of hydrogen-bond donors (Lipinski definition) is 1. The Bertz CT molecular complexity index is 675. The van der Waals surface area contributed by atoms with Gasteiger partial charge in [-0.3, -0.25) is 9.69 Å². The lowest BCUT2D eigenvalue weighted by Gasteiger charge is -2.32. The standard InChI is InChI=1S/C19H23N3O2/c23-19(18-10-4-5-12-22(18)24)20-13-17-9-6-11-21(15-17)14-16-7-2-1-3-8-16/h1-5,7-8,10,12,17H,6,9,11,13-15H2,(H,20,23). The van der Waals surface area contributed by atoms with Gasteiger partial charge in [0.15, 0.2) is 6.20 Å². The number of nitrogens with zero attached hydrogens (tertiary/aromatic N) is 2. The molecule has 0 spiro atoms. The maximum atomic E-state index is 12.1. The van der Waals surface area contributed by atoms with Crippen LogP contribution in [0.4, 0.5) is 0 Å². The van der Waals surface area contributed by atoms with Crippen molar-refractivity contribution in [3.8, 4) is 0 Å². The number of piperidine rings is 1. The van der Waals surface area contributed by atoms with Crippen LogP contribution in [0, 0.1) is 11.1 Å². The van der Waals surface area contributed by atoms with Gasteiger partial charge in [0.05, 0.1) is 0 Å². The summed E-state index contributed by atoms with van der Waals surface area (Å²) in [6, 6.07) is 15.3. The Morgan fingerprint density at radius 2 is 2.00 bits per heavy atom. The fraction of sp³-hybridized carbons (Fsp3) is 0.368. The van der Waals surface area contributed by atoms with E-state index in [1.54, 1.807) is 18.2 Å². The van der Waals surface area contributed by atoms with Gasteiger partial charge in [0.1, 0.15) is 0 Å². The summed E-state index contributed by atoms with van der Waals surface area (Å²) < 4.78 is 0.609. The highest BCUT2D eigenvalue weighted by molar-refractivity contribution is 5.90. The molecule has 126 valence electrons. The van der Waals surface area contributed by atoms with Crippen molar-refractivity contribution >= 4 is 5.91 Å². The predicted octanol–water partition coefficient (Wildman–Crippen LogP) is 1.96. The first-order valence-electron chi connectivity index (χ1n) is 8.45.